The van der Waals surface area contributed by atoms with Gasteiger partial charge >= 0.3 is 0 Å². The highest BCUT2D eigenvalue weighted by Crippen LogP contribution is 2.50. The second-order valence-electron chi connectivity index (χ2n) is 4.73. The van der Waals surface area contributed by atoms with Crippen LogP contribution in [-0.2, 0) is 0 Å². The maximum Gasteiger partial charge on any atom is 0.104 e. The molecule has 4 atom stereocenters. The lowest BCUT2D eigenvalue weighted by atomic mass is 9.92. The number of allylic oxidation sites excluding steroid dienone is 3. The number of hydrogen-bond acceptors (Lipinski definition) is 0. The summed E-state index contributed by atoms with van der Waals surface area (Å²) >= 11 is 0. The molecule has 0 N–H and O–H groups in total. The Morgan fingerprint density at radius 1 is 1.27 bits per heavy atom. The minimum Gasteiger partial charge on any atom is -0.247 e. The summed E-state index contributed by atoms with van der Waals surface area (Å²) in [6, 6.07) is 0. The first-order chi connectivity index (χ1) is 6.86. The van der Waals surface area contributed by atoms with Gasteiger partial charge in [0.15, 0.2) is 0 Å². The molecule has 15 heavy (non-hydrogen) atoms. The molecule has 3 unspecified atom stereocenters. The fourth-order valence-electron chi connectivity index (χ4n) is 2.02. The third-order valence-corrected chi connectivity index (χ3v) is 3.74. The van der Waals surface area contributed by atoms with E-state index < -0.39 is 6.17 Å². The fraction of sp³-hybridized carbons (Fsp3) is 0.692. The Morgan fingerprint density at radius 2 is 1.80 bits per heavy atom. The van der Waals surface area contributed by atoms with Gasteiger partial charge < -0.3 is 0 Å². The first kappa shape index (κ1) is 12.4. The second-order valence-corrected chi connectivity index (χ2v) is 4.73. The molecule has 0 amide bonds. The predicted octanol–water partition coefficient (Wildman–Crippen LogP) is 4.44. The van der Waals surface area contributed by atoms with Crippen LogP contribution in [0.3, 0.4) is 0 Å². The van der Waals surface area contributed by atoms with Crippen molar-refractivity contribution in [3.63, 3.8) is 0 Å². The van der Waals surface area contributed by atoms with Crippen LogP contribution in [0.15, 0.2) is 23.6 Å². The van der Waals surface area contributed by atoms with E-state index in [0.29, 0.717) is 0 Å². The molecule has 1 aliphatic carbocycles. The Hall–Kier alpha value is -0.660. The Balaban J connectivity index is 2.71. The van der Waals surface area contributed by atoms with E-state index in [1.807, 2.05) is 20.8 Å². The van der Waals surface area contributed by atoms with Gasteiger partial charge in [-0.1, -0.05) is 24.6 Å². The van der Waals surface area contributed by atoms with E-state index in [1.165, 1.54) is 0 Å². The maximum atomic E-state index is 13.1. The molecule has 1 fully saturated rings. The predicted molar refractivity (Wildman–Crippen MR) is 60.0 cm³/mol. The second kappa shape index (κ2) is 4.46. The van der Waals surface area contributed by atoms with Gasteiger partial charge in [-0.05, 0) is 33.1 Å². The van der Waals surface area contributed by atoms with Crippen LogP contribution < -0.4 is 0 Å². The zero-order chi connectivity index (χ0) is 11.7. The summed E-state index contributed by atoms with van der Waals surface area (Å²) < 4.78 is 25.9. The Morgan fingerprint density at radius 3 is 2.13 bits per heavy atom. The van der Waals surface area contributed by atoms with Gasteiger partial charge in [0.05, 0.1) is 5.83 Å². The molecule has 0 nitrogen and oxygen atoms in total. The SMILES string of the molecule is C=C(F)C1C[C@@H]1/C(C)=C(\C)C(C)C(C)F. The molecular weight excluding hydrogens is 194 g/mol. The molecule has 0 aromatic rings. The summed E-state index contributed by atoms with van der Waals surface area (Å²) in [7, 11) is 0. The van der Waals surface area contributed by atoms with Crippen LogP contribution >= 0.6 is 0 Å². The average molecular weight is 214 g/mol. The Kier molecular flexibility index (Phi) is 3.69. The normalized spacial score (nSPS) is 30.5. The number of alkyl halides is 1. The first-order valence-corrected chi connectivity index (χ1v) is 5.51. The molecule has 1 rings (SSSR count). The topological polar surface area (TPSA) is 0 Å². The summed E-state index contributed by atoms with van der Waals surface area (Å²) in [5.41, 5.74) is 2.22. The van der Waals surface area contributed by atoms with Crippen molar-refractivity contribution >= 4 is 0 Å². The summed E-state index contributed by atoms with van der Waals surface area (Å²) in [5.74, 6) is -0.0435. The molecule has 2 heteroatoms. The summed E-state index contributed by atoms with van der Waals surface area (Å²) in [4.78, 5) is 0. The van der Waals surface area contributed by atoms with Crippen LogP contribution in [0, 0.1) is 17.8 Å². The van der Waals surface area contributed by atoms with Gasteiger partial charge in [-0.3, -0.25) is 0 Å². The third-order valence-electron chi connectivity index (χ3n) is 3.74. The van der Waals surface area contributed by atoms with Gasteiger partial charge in [0.25, 0.3) is 0 Å². The molecule has 0 radical (unpaired) electrons. The van der Waals surface area contributed by atoms with Crippen LogP contribution in [0.25, 0.3) is 0 Å². The van der Waals surface area contributed by atoms with Gasteiger partial charge in [0.2, 0.25) is 0 Å². The van der Waals surface area contributed by atoms with E-state index in [2.05, 4.69) is 6.58 Å². The summed E-state index contributed by atoms with van der Waals surface area (Å²) in [6.45, 7) is 10.7. The highest BCUT2D eigenvalue weighted by molar-refractivity contribution is 5.25. The number of hydrogen-bond donors (Lipinski definition) is 0. The standard InChI is InChI=1S/C13H20F2/c1-7(8(2)10(4)14)9(3)12-6-13(12)11(5)15/h8,10,12-13H,5-6H2,1-4H3/b9-7+/t8?,10?,12-,13?/m1/s1. The van der Waals surface area contributed by atoms with E-state index in [-0.39, 0.29) is 23.6 Å². The van der Waals surface area contributed by atoms with E-state index in [0.717, 1.165) is 17.6 Å². The van der Waals surface area contributed by atoms with E-state index in [9.17, 15) is 8.78 Å². The molecule has 0 bridgehead atoms. The van der Waals surface area contributed by atoms with Gasteiger partial charge in [-0.25, -0.2) is 8.78 Å². The highest BCUT2D eigenvalue weighted by Gasteiger charge is 2.41. The third kappa shape index (κ3) is 2.67. The Bertz CT molecular complexity index is 289. The molecule has 1 saturated carbocycles. The van der Waals surface area contributed by atoms with Crippen molar-refractivity contribution in [2.45, 2.75) is 40.3 Å². The zero-order valence-corrected chi connectivity index (χ0v) is 9.98. The molecule has 0 aliphatic heterocycles. The van der Waals surface area contributed by atoms with Crippen LogP contribution in [0.2, 0.25) is 0 Å². The summed E-state index contributed by atoms with van der Waals surface area (Å²) in [5, 5.41) is 0. The van der Waals surface area contributed by atoms with Crippen molar-refractivity contribution in [1.82, 2.24) is 0 Å². The van der Waals surface area contributed by atoms with E-state index >= 15 is 0 Å². The van der Waals surface area contributed by atoms with E-state index in [1.54, 1.807) is 6.92 Å². The van der Waals surface area contributed by atoms with Crippen LogP contribution in [0.4, 0.5) is 8.78 Å². The minimum absolute atomic E-state index is 0.0120. The molecule has 1 aliphatic rings. The number of halogens is 2. The van der Waals surface area contributed by atoms with Crippen molar-refractivity contribution < 1.29 is 8.78 Å². The monoisotopic (exact) mass is 214 g/mol. The van der Waals surface area contributed by atoms with Crippen molar-refractivity contribution in [2.75, 3.05) is 0 Å². The maximum absolute atomic E-state index is 13.1. The van der Waals surface area contributed by atoms with Gasteiger partial charge in [-0.15, -0.1) is 0 Å². The largest absolute Gasteiger partial charge is 0.247 e. The fourth-order valence-corrected chi connectivity index (χ4v) is 2.02. The first-order valence-electron chi connectivity index (χ1n) is 5.51. The summed E-state index contributed by atoms with van der Waals surface area (Å²) in [6.07, 6.45) is -0.00274. The number of rotatable bonds is 4. The van der Waals surface area contributed by atoms with Gasteiger partial charge in [0.1, 0.15) is 6.17 Å². The van der Waals surface area contributed by atoms with Gasteiger partial charge in [-0.2, -0.15) is 0 Å². The highest BCUT2D eigenvalue weighted by atomic mass is 19.1. The smallest absolute Gasteiger partial charge is 0.104 e. The minimum atomic E-state index is -0.842. The molecule has 0 heterocycles. The molecule has 0 aromatic carbocycles. The van der Waals surface area contributed by atoms with Gasteiger partial charge in [0, 0.05) is 11.8 Å². The lowest BCUT2D eigenvalue weighted by Gasteiger charge is -2.17. The average Bonchev–Trinajstić information content (AvgIpc) is 2.93. The van der Waals surface area contributed by atoms with Crippen molar-refractivity contribution in [3.05, 3.63) is 23.6 Å². The van der Waals surface area contributed by atoms with Crippen molar-refractivity contribution in [3.8, 4) is 0 Å². The lowest BCUT2D eigenvalue weighted by Crippen LogP contribution is -2.11. The Labute approximate surface area is 91.1 Å². The molecule has 0 aromatic heterocycles. The van der Waals surface area contributed by atoms with Crippen LogP contribution in [-0.4, -0.2) is 6.17 Å². The van der Waals surface area contributed by atoms with Crippen LogP contribution in [0.1, 0.15) is 34.1 Å². The molecular formula is C13H20F2. The molecule has 86 valence electrons. The van der Waals surface area contributed by atoms with Crippen molar-refractivity contribution in [1.29, 1.82) is 0 Å². The van der Waals surface area contributed by atoms with E-state index in [4.69, 9.17) is 0 Å². The van der Waals surface area contributed by atoms with Crippen LogP contribution in [0.5, 0.6) is 0 Å². The van der Waals surface area contributed by atoms with Crippen molar-refractivity contribution in [2.24, 2.45) is 17.8 Å². The molecule has 0 spiro atoms. The quantitative estimate of drug-likeness (QED) is 0.607. The zero-order valence-electron chi connectivity index (χ0n) is 9.98. The lowest BCUT2D eigenvalue weighted by molar-refractivity contribution is 0.290. The molecule has 0 saturated heterocycles.